The smallest absolute Gasteiger partial charge is 0.339 e. The van der Waals surface area contributed by atoms with E-state index >= 15 is 0 Å². The fraction of sp³-hybridized carbons (Fsp3) is 0.643. The summed E-state index contributed by atoms with van der Waals surface area (Å²) in [4.78, 5) is 18.9. The number of nitrogens with zero attached hydrogens (tertiary/aromatic N) is 2. The van der Waals surface area contributed by atoms with Gasteiger partial charge >= 0.3 is 5.97 Å². The molecule has 1 aliphatic rings. The van der Waals surface area contributed by atoms with Crippen molar-refractivity contribution in [2.45, 2.75) is 51.6 Å². The van der Waals surface area contributed by atoms with E-state index in [-0.39, 0.29) is 5.56 Å². The van der Waals surface area contributed by atoms with Gasteiger partial charge in [-0.25, -0.2) is 14.8 Å². The number of carboxylic acids is 1. The molecule has 104 valence electrons. The molecule has 1 saturated carbocycles. The lowest BCUT2D eigenvalue weighted by molar-refractivity contribution is 0.0694. The first-order chi connectivity index (χ1) is 9.16. The molecular formula is C14H21N3O2. The quantitative estimate of drug-likeness (QED) is 0.815. The second-order valence-electron chi connectivity index (χ2n) is 5.38. The number of carboxylic acid groups (broad SMARTS) is 1. The minimum atomic E-state index is -0.966. The van der Waals surface area contributed by atoms with Crippen molar-refractivity contribution in [2.24, 2.45) is 5.92 Å². The minimum absolute atomic E-state index is 0.192. The Kier molecular flexibility index (Phi) is 4.85. The number of rotatable bonds is 4. The lowest BCUT2D eigenvalue weighted by Gasteiger charge is -2.16. The van der Waals surface area contributed by atoms with Crippen molar-refractivity contribution in [3.63, 3.8) is 0 Å². The third-order valence-electron chi connectivity index (χ3n) is 3.84. The predicted molar refractivity (Wildman–Crippen MR) is 71.9 cm³/mol. The highest BCUT2D eigenvalue weighted by Gasteiger charge is 2.17. The number of carbonyl (C=O) groups is 1. The molecule has 1 aromatic rings. The molecule has 1 heterocycles. The number of hydrogen-bond acceptors (Lipinski definition) is 4. The summed E-state index contributed by atoms with van der Waals surface area (Å²) in [5, 5.41) is 12.5. The summed E-state index contributed by atoms with van der Waals surface area (Å²) in [6.45, 7) is 2.80. The maximum atomic E-state index is 11.1. The highest BCUT2D eigenvalue weighted by Crippen LogP contribution is 2.22. The minimum Gasteiger partial charge on any atom is -0.478 e. The number of nitrogens with one attached hydrogen (secondary N) is 1. The van der Waals surface area contributed by atoms with E-state index in [1.54, 1.807) is 0 Å². The van der Waals surface area contributed by atoms with E-state index in [0.29, 0.717) is 18.3 Å². The van der Waals surface area contributed by atoms with Gasteiger partial charge in [-0.15, -0.1) is 0 Å². The first-order valence-electron chi connectivity index (χ1n) is 6.92. The normalized spacial score (nSPS) is 23.8. The summed E-state index contributed by atoms with van der Waals surface area (Å²) in [6, 6.07) is 0.474. The summed E-state index contributed by atoms with van der Waals surface area (Å²) < 4.78 is 0. The molecule has 1 aliphatic carbocycles. The maximum Gasteiger partial charge on any atom is 0.339 e. The van der Waals surface area contributed by atoms with Gasteiger partial charge < -0.3 is 10.4 Å². The summed E-state index contributed by atoms with van der Waals surface area (Å²) in [7, 11) is 0. The fourth-order valence-corrected chi connectivity index (χ4v) is 2.61. The molecule has 5 nitrogen and oxygen atoms in total. The lowest BCUT2D eigenvalue weighted by Crippen LogP contribution is -2.29. The van der Waals surface area contributed by atoms with Crippen molar-refractivity contribution < 1.29 is 9.90 Å². The van der Waals surface area contributed by atoms with Gasteiger partial charge in [-0.1, -0.05) is 19.8 Å². The van der Waals surface area contributed by atoms with Gasteiger partial charge in [0.2, 0.25) is 0 Å². The molecule has 0 saturated heterocycles. The molecule has 1 aromatic heterocycles. The second kappa shape index (κ2) is 6.61. The van der Waals surface area contributed by atoms with Crippen LogP contribution in [0.25, 0.3) is 0 Å². The molecule has 1 fully saturated rings. The average Bonchev–Trinajstić information content (AvgIpc) is 2.61. The highest BCUT2D eigenvalue weighted by molar-refractivity contribution is 5.88. The SMILES string of the molecule is CC1CCCC(NCc2ncncc2C(=O)O)CC1. The van der Waals surface area contributed by atoms with Crippen LogP contribution in [0, 0.1) is 5.92 Å². The van der Waals surface area contributed by atoms with Gasteiger partial charge in [0.05, 0.1) is 5.69 Å². The van der Waals surface area contributed by atoms with E-state index in [2.05, 4.69) is 22.2 Å². The molecule has 0 amide bonds. The van der Waals surface area contributed by atoms with Crippen LogP contribution >= 0.6 is 0 Å². The molecule has 2 rings (SSSR count). The number of hydrogen-bond donors (Lipinski definition) is 2. The van der Waals surface area contributed by atoms with Gasteiger partial charge in [0, 0.05) is 18.8 Å². The molecule has 2 atom stereocenters. The zero-order valence-electron chi connectivity index (χ0n) is 11.3. The molecule has 0 radical (unpaired) electrons. The van der Waals surface area contributed by atoms with Gasteiger partial charge in [-0.05, 0) is 25.2 Å². The molecule has 5 heteroatoms. The van der Waals surface area contributed by atoms with Crippen LogP contribution in [0.3, 0.4) is 0 Å². The summed E-state index contributed by atoms with van der Waals surface area (Å²) in [5.41, 5.74) is 0.761. The first kappa shape index (κ1) is 13.9. The van der Waals surface area contributed by atoms with Crippen LogP contribution in [0.15, 0.2) is 12.5 Å². The Hall–Kier alpha value is -1.49. The topological polar surface area (TPSA) is 75.1 Å². The Morgan fingerprint density at radius 3 is 3.05 bits per heavy atom. The summed E-state index contributed by atoms with van der Waals surface area (Å²) >= 11 is 0. The monoisotopic (exact) mass is 263 g/mol. The van der Waals surface area contributed by atoms with Crippen molar-refractivity contribution in [1.82, 2.24) is 15.3 Å². The zero-order valence-corrected chi connectivity index (χ0v) is 11.3. The van der Waals surface area contributed by atoms with E-state index in [1.807, 2.05) is 0 Å². The Labute approximate surface area is 113 Å². The Morgan fingerprint density at radius 2 is 2.26 bits per heavy atom. The van der Waals surface area contributed by atoms with Crippen LogP contribution in [0.4, 0.5) is 0 Å². The fourth-order valence-electron chi connectivity index (χ4n) is 2.61. The van der Waals surface area contributed by atoms with Crippen molar-refractivity contribution in [1.29, 1.82) is 0 Å². The van der Waals surface area contributed by atoms with Crippen molar-refractivity contribution in [3.8, 4) is 0 Å². The summed E-state index contributed by atoms with van der Waals surface area (Å²) in [5.74, 6) is -0.160. The second-order valence-corrected chi connectivity index (χ2v) is 5.38. The summed E-state index contributed by atoms with van der Waals surface area (Å²) in [6.07, 6.45) is 8.88. The number of aromatic carboxylic acids is 1. The van der Waals surface area contributed by atoms with E-state index in [4.69, 9.17) is 5.11 Å². The van der Waals surface area contributed by atoms with E-state index in [9.17, 15) is 4.79 Å². The van der Waals surface area contributed by atoms with Gasteiger partial charge in [-0.3, -0.25) is 0 Å². The maximum absolute atomic E-state index is 11.1. The molecule has 0 aliphatic heterocycles. The Bertz CT molecular complexity index is 436. The van der Waals surface area contributed by atoms with Crippen LogP contribution < -0.4 is 5.32 Å². The van der Waals surface area contributed by atoms with Crippen LogP contribution in [0.5, 0.6) is 0 Å². The van der Waals surface area contributed by atoms with Crippen LogP contribution in [0.2, 0.25) is 0 Å². The largest absolute Gasteiger partial charge is 0.478 e. The van der Waals surface area contributed by atoms with E-state index in [0.717, 1.165) is 18.8 Å². The third kappa shape index (κ3) is 3.99. The molecular weight excluding hydrogens is 242 g/mol. The molecule has 0 aromatic carbocycles. The van der Waals surface area contributed by atoms with Gasteiger partial charge in [0.25, 0.3) is 0 Å². The van der Waals surface area contributed by atoms with Crippen molar-refractivity contribution in [2.75, 3.05) is 0 Å². The van der Waals surface area contributed by atoms with Gasteiger partial charge in [0.1, 0.15) is 11.9 Å². The predicted octanol–water partition coefficient (Wildman–Crippen LogP) is 2.23. The van der Waals surface area contributed by atoms with E-state index < -0.39 is 5.97 Å². The van der Waals surface area contributed by atoms with Gasteiger partial charge in [0.15, 0.2) is 0 Å². The lowest BCUT2D eigenvalue weighted by atomic mass is 10.0. The molecule has 2 unspecified atom stereocenters. The zero-order chi connectivity index (χ0) is 13.7. The first-order valence-corrected chi connectivity index (χ1v) is 6.92. The molecule has 0 spiro atoms. The Balaban J connectivity index is 1.93. The van der Waals surface area contributed by atoms with Crippen LogP contribution in [-0.2, 0) is 6.54 Å². The Morgan fingerprint density at radius 1 is 1.42 bits per heavy atom. The van der Waals surface area contributed by atoms with Crippen LogP contribution in [0.1, 0.15) is 55.1 Å². The van der Waals surface area contributed by atoms with E-state index in [1.165, 1.54) is 31.8 Å². The molecule has 2 N–H and O–H groups in total. The van der Waals surface area contributed by atoms with Crippen molar-refractivity contribution >= 4 is 5.97 Å². The highest BCUT2D eigenvalue weighted by atomic mass is 16.4. The number of aromatic nitrogens is 2. The van der Waals surface area contributed by atoms with Crippen molar-refractivity contribution in [3.05, 3.63) is 23.8 Å². The third-order valence-corrected chi connectivity index (χ3v) is 3.84. The molecule has 0 bridgehead atoms. The van der Waals surface area contributed by atoms with Gasteiger partial charge in [-0.2, -0.15) is 0 Å². The molecule has 19 heavy (non-hydrogen) atoms. The standard InChI is InChI=1S/C14H21N3O2/c1-10-3-2-4-11(6-5-10)16-8-13-12(14(18)19)7-15-9-17-13/h7,9-11,16H,2-6,8H2,1H3,(H,18,19). The van der Waals surface area contributed by atoms with Crippen LogP contribution in [-0.4, -0.2) is 27.1 Å². The average molecular weight is 263 g/mol.